The number of hydrogen-bond donors (Lipinski definition) is 0. The Morgan fingerprint density at radius 2 is 2.16 bits per heavy atom. The van der Waals surface area contributed by atoms with Gasteiger partial charge in [0, 0.05) is 18.1 Å². The second-order valence-corrected chi connectivity index (χ2v) is 6.71. The maximum absolute atomic E-state index is 5.76. The van der Waals surface area contributed by atoms with Gasteiger partial charge in [-0.05, 0) is 35.2 Å². The summed E-state index contributed by atoms with van der Waals surface area (Å²) in [5, 5.41) is 0. The van der Waals surface area contributed by atoms with Crippen molar-refractivity contribution in [1.82, 2.24) is 9.97 Å². The number of hydrogen-bond acceptors (Lipinski definition) is 4. The van der Waals surface area contributed by atoms with Gasteiger partial charge in [0.05, 0.1) is 6.10 Å². The van der Waals surface area contributed by atoms with Crippen molar-refractivity contribution < 1.29 is 9.47 Å². The van der Waals surface area contributed by atoms with E-state index in [0.29, 0.717) is 12.5 Å². The second kappa shape index (κ2) is 6.18. The Morgan fingerprint density at radius 1 is 1.37 bits per heavy atom. The number of rotatable bonds is 3. The predicted octanol–water partition coefficient (Wildman–Crippen LogP) is 3.48. The van der Waals surface area contributed by atoms with Crippen LogP contribution >= 0.6 is 15.9 Å². The van der Waals surface area contributed by atoms with Gasteiger partial charge in [-0.1, -0.05) is 20.8 Å². The van der Waals surface area contributed by atoms with Crippen molar-refractivity contribution >= 4 is 15.9 Å². The van der Waals surface area contributed by atoms with E-state index in [0.717, 1.165) is 29.9 Å². The smallest absolute Gasteiger partial charge is 0.217 e. The molecule has 0 saturated carbocycles. The molecule has 1 unspecified atom stereocenters. The molecule has 4 nitrogen and oxygen atoms in total. The van der Waals surface area contributed by atoms with Crippen molar-refractivity contribution in [1.29, 1.82) is 0 Å². The summed E-state index contributed by atoms with van der Waals surface area (Å²) in [6.07, 6.45) is 3.64. The molecule has 1 fully saturated rings. The normalized spacial score (nSPS) is 20.3. The van der Waals surface area contributed by atoms with Gasteiger partial charge < -0.3 is 9.47 Å². The molecule has 19 heavy (non-hydrogen) atoms. The first-order valence-corrected chi connectivity index (χ1v) is 7.54. The van der Waals surface area contributed by atoms with Gasteiger partial charge in [0.2, 0.25) is 5.88 Å². The zero-order valence-electron chi connectivity index (χ0n) is 11.8. The van der Waals surface area contributed by atoms with Crippen LogP contribution in [-0.4, -0.2) is 29.3 Å². The molecule has 0 radical (unpaired) electrons. The van der Waals surface area contributed by atoms with Gasteiger partial charge in [-0.2, -0.15) is 4.98 Å². The monoisotopic (exact) mass is 328 g/mol. The Labute approximate surface area is 123 Å². The zero-order valence-corrected chi connectivity index (χ0v) is 13.4. The summed E-state index contributed by atoms with van der Waals surface area (Å²) in [6.45, 7) is 7.66. The van der Waals surface area contributed by atoms with E-state index in [2.05, 4.69) is 46.7 Å². The van der Waals surface area contributed by atoms with Crippen LogP contribution in [0.1, 0.15) is 45.9 Å². The Kier molecular flexibility index (Phi) is 4.79. The molecule has 1 aromatic heterocycles. The molecule has 2 heterocycles. The Morgan fingerprint density at radius 3 is 2.79 bits per heavy atom. The van der Waals surface area contributed by atoms with E-state index in [-0.39, 0.29) is 11.5 Å². The summed E-state index contributed by atoms with van der Waals surface area (Å²) in [5.74, 6) is 1.39. The minimum Gasteiger partial charge on any atom is -0.475 e. The van der Waals surface area contributed by atoms with Crippen molar-refractivity contribution in [2.24, 2.45) is 0 Å². The minimum atomic E-state index is -0.0940. The molecule has 0 amide bonds. The Balaban J connectivity index is 2.01. The van der Waals surface area contributed by atoms with Crippen molar-refractivity contribution in [3.63, 3.8) is 0 Å². The molecule has 106 valence electrons. The highest BCUT2D eigenvalue weighted by molar-refractivity contribution is 9.10. The number of halogens is 1. The van der Waals surface area contributed by atoms with Gasteiger partial charge in [-0.25, -0.2) is 4.98 Å². The fraction of sp³-hybridized carbons (Fsp3) is 0.714. The van der Waals surface area contributed by atoms with Crippen LogP contribution in [0.25, 0.3) is 0 Å². The Hall–Kier alpha value is -0.680. The maximum atomic E-state index is 5.76. The molecular weight excluding hydrogens is 308 g/mol. The van der Waals surface area contributed by atoms with Crippen LogP contribution in [0.5, 0.6) is 5.88 Å². The molecule has 0 N–H and O–H groups in total. The Bertz CT molecular complexity index is 426. The summed E-state index contributed by atoms with van der Waals surface area (Å²) < 4.78 is 12.2. The molecule has 0 bridgehead atoms. The zero-order chi connectivity index (χ0) is 13.9. The minimum absolute atomic E-state index is 0.0940. The number of aromatic nitrogens is 2. The molecule has 5 heteroatoms. The van der Waals surface area contributed by atoms with Crippen LogP contribution < -0.4 is 4.74 Å². The van der Waals surface area contributed by atoms with E-state index in [4.69, 9.17) is 9.47 Å². The maximum Gasteiger partial charge on any atom is 0.217 e. The predicted molar refractivity (Wildman–Crippen MR) is 77.5 cm³/mol. The molecule has 1 aromatic rings. The van der Waals surface area contributed by atoms with Crippen molar-refractivity contribution in [2.75, 3.05) is 13.2 Å². The van der Waals surface area contributed by atoms with Crippen molar-refractivity contribution in [2.45, 2.75) is 51.6 Å². The first-order valence-electron chi connectivity index (χ1n) is 6.74. The lowest BCUT2D eigenvalue weighted by atomic mass is 9.96. The van der Waals surface area contributed by atoms with Gasteiger partial charge in [0.25, 0.3) is 0 Å². The van der Waals surface area contributed by atoms with E-state index in [1.54, 1.807) is 6.07 Å². The largest absolute Gasteiger partial charge is 0.475 e. The standard InChI is InChI=1S/C14H21BrN2O2/c1-14(2,3)13-16-11(15)8-12(17-13)19-9-10-6-4-5-7-18-10/h8,10H,4-7,9H2,1-3H3. The third kappa shape index (κ3) is 4.42. The van der Waals surface area contributed by atoms with Gasteiger partial charge in [-0.3, -0.25) is 0 Å². The third-order valence-corrected chi connectivity index (χ3v) is 3.44. The van der Waals surface area contributed by atoms with Crippen LogP contribution in [-0.2, 0) is 10.2 Å². The summed E-state index contributed by atoms with van der Waals surface area (Å²) in [6, 6.07) is 1.80. The van der Waals surface area contributed by atoms with Gasteiger partial charge in [0.1, 0.15) is 17.0 Å². The average molecular weight is 329 g/mol. The van der Waals surface area contributed by atoms with Crippen molar-refractivity contribution in [3.05, 3.63) is 16.5 Å². The third-order valence-electron chi connectivity index (χ3n) is 3.03. The highest BCUT2D eigenvalue weighted by atomic mass is 79.9. The molecule has 2 rings (SSSR count). The van der Waals surface area contributed by atoms with Crippen LogP contribution in [0.4, 0.5) is 0 Å². The van der Waals surface area contributed by atoms with Gasteiger partial charge in [0.15, 0.2) is 0 Å². The first kappa shape index (κ1) is 14.7. The molecule has 0 aliphatic carbocycles. The summed E-state index contributed by atoms with van der Waals surface area (Å²) in [4.78, 5) is 8.86. The lowest BCUT2D eigenvalue weighted by Crippen LogP contribution is -2.26. The van der Waals surface area contributed by atoms with E-state index >= 15 is 0 Å². The summed E-state index contributed by atoms with van der Waals surface area (Å²) in [5.41, 5.74) is -0.0940. The molecule has 1 aliphatic rings. The molecular formula is C14H21BrN2O2. The van der Waals surface area contributed by atoms with Crippen LogP contribution in [0.3, 0.4) is 0 Å². The highest BCUT2D eigenvalue weighted by Gasteiger charge is 2.20. The molecule has 0 aromatic carbocycles. The number of nitrogens with zero attached hydrogens (tertiary/aromatic N) is 2. The summed E-state index contributed by atoms with van der Waals surface area (Å²) in [7, 11) is 0. The van der Waals surface area contributed by atoms with Crippen molar-refractivity contribution in [3.8, 4) is 5.88 Å². The lowest BCUT2D eigenvalue weighted by Gasteiger charge is -2.23. The highest BCUT2D eigenvalue weighted by Crippen LogP contribution is 2.24. The second-order valence-electron chi connectivity index (χ2n) is 5.90. The van der Waals surface area contributed by atoms with E-state index in [9.17, 15) is 0 Å². The fourth-order valence-corrected chi connectivity index (χ4v) is 2.29. The average Bonchev–Trinajstić information content (AvgIpc) is 2.36. The molecule has 1 aliphatic heterocycles. The molecule has 1 saturated heterocycles. The number of ether oxygens (including phenoxy) is 2. The first-order chi connectivity index (χ1) is 8.95. The topological polar surface area (TPSA) is 44.2 Å². The fourth-order valence-electron chi connectivity index (χ4n) is 1.92. The SMILES string of the molecule is CC(C)(C)c1nc(Br)cc(OCC2CCCCO2)n1. The van der Waals surface area contributed by atoms with Crippen LogP contribution in [0, 0.1) is 0 Å². The summed E-state index contributed by atoms with van der Waals surface area (Å²) >= 11 is 3.41. The lowest BCUT2D eigenvalue weighted by molar-refractivity contribution is -0.0120. The molecule has 1 atom stereocenters. The quantitative estimate of drug-likeness (QED) is 0.797. The molecule has 0 spiro atoms. The van der Waals surface area contributed by atoms with Gasteiger partial charge in [-0.15, -0.1) is 0 Å². The van der Waals surface area contributed by atoms with E-state index in [1.807, 2.05) is 0 Å². The van der Waals surface area contributed by atoms with Crippen LogP contribution in [0.15, 0.2) is 10.7 Å². The van der Waals surface area contributed by atoms with E-state index in [1.165, 1.54) is 6.42 Å². The van der Waals surface area contributed by atoms with E-state index < -0.39 is 0 Å². The van der Waals surface area contributed by atoms with Gasteiger partial charge >= 0.3 is 0 Å². The van der Waals surface area contributed by atoms with Crippen LogP contribution in [0.2, 0.25) is 0 Å².